The molecule has 2 fully saturated rings. The number of imide groups is 1. The van der Waals surface area contributed by atoms with Gasteiger partial charge in [0.1, 0.15) is 6.17 Å². The summed E-state index contributed by atoms with van der Waals surface area (Å²) in [5.41, 5.74) is 0. The summed E-state index contributed by atoms with van der Waals surface area (Å²) in [6.07, 6.45) is 2.68. The molecule has 2 heterocycles. The van der Waals surface area contributed by atoms with Crippen LogP contribution in [0, 0.1) is 0 Å². The van der Waals surface area contributed by atoms with Crippen LogP contribution in [0.1, 0.15) is 33.1 Å². The molecular formula is C13H23N5O2. The highest BCUT2D eigenvalue weighted by atomic mass is 16.2. The Morgan fingerprint density at radius 2 is 2.00 bits per heavy atom. The van der Waals surface area contributed by atoms with Crippen LogP contribution in [0.15, 0.2) is 4.99 Å². The molecule has 2 unspecified atom stereocenters. The molecule has 0 aromatic heterocycles. The molecule has 0 spiro atoms. The zero-order chi connectivity index (χ0) is 14.7. The van der Waals surface area contributed by atoms with Crippen molar-refractivity contribution in [1.29, 1.82) is 0 Å². The summed E-state index contributed by atoms with van der Waals surface area (Å²) < 4.78 is 0. The van der Waals surface area contributed by atoms with E-state index in [4.69, 9.17) is 0 Å². The first kappa shape index (κ1) is 14.6. The maximum absolute atomic E-state index is 12.1. The quantitative estimate of drug-likeness (QED) is 0.712. The van der Waals surface area contributed by atoms with Gasteiger partial charge in [-0.1, -0.05) is 20.3 Å². The van der Waals surface area contributed by atoms with Crippen molar-refractivity contribution in [1.82, 2.24) is 20.4 Å². The molecule has 0 radical (unpaired) electrons. The summed E-state index contributed by atoms with van der Waals surface area (Å²) in [7, 11) is 1.69. The van der Waals surface area contributed by atoms with E-state index in [1.807, 2.05) is 4.90 Å². The van der Waals surface area contributed by atoms with Crippen LogP contribution >= 0.6 is 0 Å². The molecule has 20 heavy (non-hydrogen) atoms. The van der Waals surface area contributed by atoms with Crippen molar-refractivity contribution in [3.63, 3.8) is 0 Å². The summed E-state index contributed by atoms with van der Waals surface area (Å²) in [5.74, 6) is 0.478. The van der Waals surface area contributed by atoms with E-state index in [1.54, 1.807) is 7.05 Å². The SMILES string of the molecule is CCCCN=C1NC2C(C(=O)NC(=O)N2C)N1CCC. The number of hydrogen-bond acceptors (Lipinski definition) is 3. The average molecular weight is 281 g/mol. The van der Waals surface area contributed by atoms with E-state index >= 15 is 0 Å². The van der Waals surface area contributed by atoms with Crippen molar-refractivity contribution in [3.05, 3.63) is 0 Å². The number of fused-ring (bicyclic) bond motifs is 1. The van der Waals surface area contributed by atoms with E-state index in [2.05, 4.69) is 29.5 Å². The number of likely N-dealkylation sites (N-methyl/N-ethyl adjacent to an activating group) is 1. The van der Waals surface area contributed by atoms with Crippen LogP contribution in [-0.4, -0.2) is 60.0 Å². The van der Waals surface area contributed by atoms with Gasteiger partial charge in [-0.15, -0.1) is 0 Å². The van der Waals surface area contributed by atoms with Gasteiger partial charge in [-0.2, -0.15) is 0 Å². The Kier molecular flexibility index (Phi) is 4.46. The van der Waals surface area contributed by atoms with Crippen molar-refractivity contribution in [2.75, 3.05) is 20.1 Å². The van der Waals surface area contributed by atoms with Gasteiger partial charge in [-0.3, -0.25) is 15.1 Å². The number of rotatable bonds is 5. The number of carbonyl (C=O) groups excluding carboxylic acids is 2. The number of hydrogen-bond donors (Lipinski definition) is 2. The average Bonchev–Trinajstić information content (AvgIpc) is 2.77. The fraction of sp³-hybridized carbons (Fsp3) is 0.769. The van der Waals surface area contributed by atoms with Gasteiger partial charge in [0.2, 0.25) is 0 Å². The first-order chi connectivity index (χ1) is 9.60. The van der Waals surface area contributed by atoms with E-state index < -0.39 is 6.04 Å². The van der Waals surface area contributed by atoms with E-state index in [9.17, 15) is 9.59 Å². The number of nitrogens with zero attached hydrogens (tertiary/aromatic N) is 3. The zero-order valence-electron chi connectivity index (χ0n) is 12.3. The maximum atomic E-state index is 12.1. The predicted molar refractivity (Wildman–Crippen MR) is 76.2 cm³/mol. The highest BCUT2D eigenvalue weighted by Crippen LogP contribution is 2.20. The molecule has 2 N–H and O–H groups in total. The highest BCUT2D eigenvalue weighted by molar-refractivity contribution is 6.04. The monoisotopic (exact) mass is 281 g/mol. The van der Waals surface area contributed by atoms with Gasteiger partial charge in [0.25, 0.3) is 5.91 Å². The fourth-order valence-electron chi connectivity index (χ4n) is 2.55. The first-order valence-corrected chi connectivity index (χ1v) is 7.25. The summed E-state index contributed by atoms with van der Waals surface area (Å²) in [6.45, 7) is 5.66. The van der Waals surface area contributed by atoms with Crippen molar-refractivity contribution in [2.24, 2.45) is 4.99 Å². The molecule has 3 amide bonds. The minimum atomic E-state index is -0.391. The number of unbranched alkanes of at least 4 members (excludes halogenated alkanes) is 1. The van der Waals surface area contributed by atoms with Crippen LogP contribution in [0.25, 0.3) is 0 Å². The molecule has 2 atom stereocenters. The Bertz CT molecular complexity index is 423. The van der Waals surface area contributed by atoms with Crippen molar-refractivity contribution < 1.29 is 9.59 Å². The van der Waals surface area contributed by atoms with Crippen LogP contribution in [0.4, 0.5) is 4.79 Å². The number of aliphatic imine (C=N–C) groups is 1. The lowest BCUT2D eigenvalue weighted by Gasteiger charge is -2.35. The largest absolute Gasteiger partial charge is 0.334 e. The summed E-state index contributed by atoms with van der Waals surface area (Å²) in [5, 5.41) is 5.61. The first-order valence-electron chi connectivity index (χ1n) is 7.25. The Morgan fingerprint density at radius 1 is 1.25 bits per heavy atom. The Labute approximate surface area is 119 Å². The number of carbonyl (C=O) groups is 2. The van der Waals surface area contributed by atoms with Gasteiger partial charge in [0.05, 0.1) is 0 Å². The predicted octanol–water partition coefficient (Wildman–Crippen LogP) is 0.334. The number of nitrogens with one attached hydrogen (secondary N) is 2. The van der Waals surface area contributed by atoms with E-state index in [0.717, 1.165) is 38.3 Å². The molecule has 2 aliphatic heterocycles. The third-order valence-electron chi connectivity index (χ3n) is 3.66. The molecule has 0 aromatic rings. The van der Waals surface area contributed by atoms with Gasteiger partial charge < -0.3 is 15.1 Å². The van der Waals surface area contributed by atoms with Gasteiger partial charge in [0.15, 0.2) is 12.0 Å². The summed E-state index contributed by atoms with van der Waals surface area (Å²) in [4.78, 5) is 31.8. The van der Waals surface area contributed by atoms with E-state index in [1.165, 1.54) is 4.90 Å². The third kappa shape index (κ3) is 2.57. The molecule has 0 bridgehead atoms. The molecule has 7 nitrogen and oxygen atoms in total. The summed E-state index contributed by atoms with van der Waals surface area (Å²) >= 11 is 0. The number of guanidine groups is 1. The van der Waals surface area contributed by atoms with Crippen molar-refractivity contribution in [2.45, 2.75) is 45.3 Å². The minimum Gasteiger partial charge on any atom is -0.334 e. The standard InChI is InChI=1S/C13H23N5O2/c1-4-6-7-14-12-15-10-9(18(12)8-5-2)11(19)16-13(20)17(10)3/h9-10H,4-8H2,1-3H3,(H,14,15)(H,16,19,20). The topological polar surface area (TPSA) is 77.0 Å². The molecule has 0 saturated carbocycles. The van der Waals surface area contributed by atoms with E-state index in [0.29, 0.717) is 0 Å². The number of amides is 3. The fourth-order valence-corrected chi connectivity index (χ4v) is 2.55. The second kappa shape index (κ2) is 6.11. The molecule has 7 heteroatoms. The van der Waals surface area contributed by atoms with Gasteiger partial charge in [-0.25, -0.2) is 4.79 Å². The minimum absolute atomic E-state index is 0.250. The molecule has 2 rings (SSSR count). The number of urea groups is 1. The van der Waals surface area contributed by atoms with Gasteiger partial charge in [-0.05, 0) is 12.8 Å². The Balaban J connectivity index is 2.22. The smallest absolute Gasteiger partial charge is 0.325 e. The third-order valence-corrected chi connectivity index (χ3v) is 3.66. The van der Waals surface area contributed by atoms with Crippen LogP contribution in [0.3, 0.4) is 0 Å². The lowest BCUT2D eigenvalue weighted by molar-refractivity contribution is -0.127. The zero-order valence-corrected chi connectivity index (χ0v) is 12.3. The Hall–Kier alpha value is -1.79. The van der Waals surface area contributed by atoms with Crippen LogP contribution in [0.5, 0.6) is 0 Å². The van der Waals surface area contributed by atoms with Crippen molar-refractivity contribution >= 4 is 17.9 Å². The molecule has 2 aliphatic rings. The van der Waals surface area contributed by atoms with Crippen LogP contribution < -0.4 is 10.6 Å². The summed E-state index contributed by atoms with van der Waals surface area (Å²) in [6, 6.07) is -0.756. The molecule has 0 aromatic carbocycles. The molecule has 2 saturated heterocycles. The lowest BCUT2D eigenvalue weighted by atomic mass is 10.1. The second-order valence-electron chi connectivity index (χ2n) is 5.19. The van der Waals surface area contributed by atoms with Crippen LogP contribution in [-0.2, 0) is 4.79 Å². The molecule has 112 valence electrons. The van der Waals surface area contributed by atoms with Crippen LogP contribution in [0.2, 0.25) is 0 Å². The van der Waals surface area contributed by atoms with E-state index in [-0.39, 0.29) is 18.1 Å². The molecule has 0 aliphatic carbocycles. The Morgan fingerprint density at radius 3 is 2.65 bits per heavy atom. The van der Waals surface area contributed by atoms with Gasteiger partial charge in [0, 0.05) is 20.1 Å². The maximum Gasteiger partial charge on any atom is 0.325 e. The highest BCUT2D eigenvalue weighted by Gasteiger charge is 2.49. The van der Waals surface area contributed by atoms with Crippen molar-refractivity contribution in [3.8, 4) is 0 Å². The normalized spacial score (nSPS) is 27.6. The second-order valence-corrected chi connectivity index (χ2v) is 5.19. The molecular weight excluding hydrogens is 258 g/mol. The van der Waals surface area contributed by atoms with Gasteiger partial charge >= 0.3 is 6.03 Å². The lowest BCUT2D eigenvalue weighted by Crippen LogP contribution is -2.64.